The number of amides is 3. The zero-order chi connectivity index (χ0) is 24.2. The van der Waals surface area contributed by atoms with Crippen molar-refractivity contribution in [3.05, 3.63) is 69.7 Å². The Balaban J connectivity index is 1.28. The quantitative estimate of drug-likeness (QED) is 0.370. The third-order valence-electron chi connectivity index (χ3n) is 5.38. The van der Waals surface area contributed by atoms with Crippen LogP contribution in [0.3, 0.4) is 0 Å². The Bertz CT molecular complexity index is 1250. The van der Waals surface area contributed by atoms with E-state index in [1.165, 1.54) is 12.0 Å². The Morgan fingerprint density at radius 1 is 1.03 bits per heavy atom. The highest BCUT2D eigenvalue weighted by Crippen LogP contribution is 2.24. The van der Waals surface area contributed by atoms with Gasteiger partial charge in [0.25, 0.3) is 11.8 Å². The fourth-order valence-corrected chi connectivity index (χ4v) is 4.38. The molecular weight excluding hydrogens is 456 g/mol. The lowest BCUT2D eigenvalue weighted by Crippen LogP contribution is -2.31. The lowest BCUT2D eigenvalue weighted by atomic mass is 10.0. The number of carbonyl (C=O) groups is 4. The first-order chi connectivity index (χ1) is 16.4. The van der Waals surface area contributed by atoms with Gasteiger partial charge >= 0.3 is 0 Å². The van der Waals surface area contributed by atoms with Crippen LogP contribution in [0.5, 0.6) is 5.75 Å². The van der Waals surface area contributed by atoms with Crippen LogP contribution in [0.2, 0.25) is 0 Å². The van der Waals surface area contributed by atoms with E-state index in [9.17, 15) is 19.2 Å². The molecule has 1 N–H and O–H groups in total. The van der Waals surface area contributed by atoms with E-state index < -0.39 is 0 Å². The number of hydrogen-bond donors (Lipinski definition) is 1. The molecule has 1 aliphatic rings. The van der Waals surface area contributed by atoms with E-state index >= 15 is 0 Å². The lowest BCUT2D eigenvalue weighted by molar-refractivity contribution is -0.116. The molecule has 9 nitrogen and oxygen atoms in total. The summed E-state index contributed by atoms with van der Waals surface area (Å²) in [6.07, 6.45) is 0.335. The summed E-state index contributed by atoms with van der Waals surface area (Å²) in [4.78, 5) is 50.9. The highest BCUT2D eigenvalue weighted by molar-refractivity contribution is 7.15. The molecule has 3 aromatic rings. The smallest absolute Gasteiger partial charge is 0.261 e. The molecule has 34 heavy (non-hydrogen) atoms. The maximum absolute atomic E-state index is 12.5. The van der Waals surface area contributed by atoms with E-state index in [-0.39, 0.29) is 42.9 Å². The van der Waals surface area contributed by atoms with E-state index in [0.717, 1.165) is 16.9 Å². The fourth-order valence-electron chi connectivity index (χ4n) is 3.64. The van der Waals surface area contributed by atoms with E-state index in [0.29, 0.717) is 39.0 Å². The van der Waals surface area contributed by atoms with Gasteiger partial charge in [0.15, 0.2) is 5.78 Å². The Labute approximate surface area is 199 Å². The summed E-state index contributed by atoms with van der Waals surface area (Å²) in [5, 5.41) is 11.5. The largest absolute Gasteiger partial charge is 0.496 e. The number of ether oxygens (including phenoxy) is 1. The van der Waals surface area contributed by atoms with Gasteiger partial charge in [-0.25, -0.2) is 0 Å². The Kier molecular flexibility index (Phi) is 6.78. The van der Waals surface area contributed by atoms with Crippen LogP contribution < -0.4 is 10.1 Å². The van der Waals surface area contributed by atoms with Crippen molar-refractivity contribution >= 4 is 40.0 Å². The molecule has 1 aromatic heterocycles. The number of hydrogen-bond acceptors (Lipinski definition) is 8. The van der Waals surface area contributed by atoms with Gasteiger partial charge in [0.05, 0.1) is 23.8 Å². The number of nitrogens with one attached hydrogen (secondary N) is 1. The first-order valence-electron chi connectivity index (χ1n) is 10.6. The average Bonchev–Trinajstić information content (AvgIpc) is 3.38. The molecule has 0 fully saturated rings. The number of methoxy groups -OCH3 is 1. The normalized spacial score (nSPS) is 12.6. The van der Waals surface area contributed by atoms with Gasteiger partial charge in [-0.1, -0.05) is 35.1 Å². The van der Waals surface area contributed by atoms with Crippen LogP contribution in [-0.2, 0) is 11.2 Å². The highest BCUT2D eigenvalue weighted by Gasteiger charge is 2.34. The van der Waals surface area contributed by atoms with Gasteiger partial charge in [0.2, 0.25) is 11.0 Å². The number of imide groups is 1. The molecule has 0 unspecified atom stereocenters. The predicted octanol–water partition coefficient (Wildman–Crippen LogP) is 3.30. The summed E-state index contributed by atoms with van der Waals surface area (Å²) in [7, 11) is 1.50. The van der Waals surface area contributed by atoms with Gasteiger partial charge in [-0.05, 0) is 31.2 Å². The van der Waals surface area contributed by atoms with Gasteiger partial charge in [0, 0.05) is 25.8 Å². The minimum atomic E-state index is -0.358. The molecule has 0 saturated heterocycles. The maximum Gasteiger partial charge on any atom is 0.261 e. The summed E-state index contributed by atoms with van der Waals surface area (Å²) in [5.41, 5.74) is 2.17. The number of carbonyl (C=O) groups excluding carboxylic acids is 4. The van der Waals surface area contributed by atoms with Crippen LogP contribution in [0.4, 0.5) is 5.13 Å². The highest BCUT2D eigenvalue weighted by atomic mass is 32.1. The maximum atomic E-state index is 12.5. The summed E-state index contributed by atoms with van der Waals surface area (Å²) >= 11 is 1.16. The molecular formula is C24H22N4O5S. The summed E-state index contributed by atoms with van der Waals surface area (Å²) in [5.74, 6) is -0.720. The molecule has 4 rings (SSSR count). The SMILES string of the molecule is COc1ccc(C)cc1C(=O)CCC(=O)Nc1nnc(CCN2C(=O)c3ccccc3C2=O)s1. The number of benzene rings is 2. The topological polar surface area (TPSA) is 119 Å². The van der Waals surface area contributed by atoms with E-state index in [1.54, 1.807) is 36.4 Å². The molecule has 1 aliphatic heterocycles. The molecule has 10 heteroatoms. The predicted molar refractivity (Wildman–Crippen MR) is 125 cm³/mol. The van der Waals surface area contributed by atoms with Gasteiger partial charge < -0.3 is 10.1 Å². The molecule has 174 valence electrons. The summed E-state index contributed by atoms with van der Waals surface area (Å²) in [6, 6.07) is 12.0. The number of anilines is 1. The van der Waals surface area contributed by atoms with Crippen LogP contribution >= 0.6 is 11.3 Å². The van der Waals surface area contributed by atoms with Gasteiger partial charge in [-0.2, -0.15) is 0 Å². The standard InChI is InChI=1S/C24H22N4O5S/c1-14-7-9-19(33-2)17(13-14)18(29)8-10-20(30)25-24-27-26-21(34-24)11-12-28-22(31)15-5-3-4-6-16(15)23(28)32/h3-7,9,13H,8,10-12H2,1-2H3,(H,25,27,30). The number of Topliss-reactive ketones (excluding diaryl/α,β-unsaturated/α-hetero) is 1. The third-order valence-corrected chi connectivity index (χ3v) is 6.27. The number of ketones is 1. The monoisotopic (exact) mass is 478 g/mol. The number of aromatic nitrogens is 2. The van der Waals surface area contributed by atoms with Crippen molar-refractivity contribution in [3.63, 3.8) is 0 Å². The van der Waals surface area contributed by atoms with E-state index in [1.807, 2.05) is 13.0 Å². The van der Waals surface area contributed by atoms with Crippen LogP contribution in [0.25, 0.3) is 0 Å². The number of aryl methyl sites for hydroxylation is 1. The van der Waals surface area contributed by atoms with Crippen LogP contribution in [0.1, 0.15) is 54.5 Å². The second kappa shape index (κ2) is 9.92. The van der Waals surface area contributed by atoms with E-state index in [2.05, 4.69) is 15.5 Å². The minimum Gasteiger partial charge on any atom is -0.496 e. The fraction of sp³-hybridized carbons (Fsp3) is 0.250. The third kappa shape index (κ3) is 4.86. The minimum absolute atomic E-state index is 0.0140. The molecule has 3 amide bonds. The van der Waals surface area contributed by atoms with Crippen molar-refractivity contribution in [3.8, 4) is 5.75 Å². The Morgan fingerprint density at radius 2 is 1.74 bits per heavy atom. The second-order valence-corrected chi connectivity index (χ2v) is 8.80. The molecule has 0 spiro atoms. The molecule has 0 aliphatic carbocycles. The van der Waals surface area contributed by atoms with Crippen molar-refractivity contribution < 1.29 is 23.9 Å². The van der Waals surface area contributed by atoms with E-state index in [4.69, 9.17) is 4.74 Å². The van der Waals surface area contributed by atoms with Gasteiger partial charge in [-0.3, -0.25) is 24.1 Å². The van der Waals surface area contributed by atoms with Gasteiger partial charge in [-0.15, -0.1) is 10.2 Å². The lowest BCUT2D eigenvalue weighted by Gasteiger charge is -2.12. The summed E-state index contributed by atoms with van der Waals surface area (Å²) in [6.45, 7) is 2.05. The van der Waals surface area contributed by atoms with Crippen molar-refractivity contribution in [2.75, 3.05) is 19.0 Å². The van der Waals surface area contributed by atoms with Crippen LogP contribution in [0.15, 0.2) is 42.5 Å². The molecule has 2 heterocycles. The zero-order valence-corrected chi connectivity index (χ0v) is 19.5. The molecule has 0 bridgehead atoms. The molecule has 0 saturated carbocycles. The van der Waals surface area contributed by atoms with Crippen LogP contribution in [0, 0.1) is 6.92 Å². The van der Waals surface area contributed by atoms with Gasteiger partial charge in [0.1, 0.15) is 10.8 Å². The molecule has 0 radical (unpaired) electrons. The van der Waals surface area contributed by atoms with Crippen molar-refractivity contribution in [2.24, 2.45) is 0 Å². The van der Waals surface area contributed by atoms with Crippen molar-refractivity contribution in [1.29, 1.82) is 0 Å². The number of rotatable bonds is 9. The summed E-state index contributed by atoms with van der Waals surface area (Å²) < 4.78 is 5.23. The average molecular weight is 479 g/mol. The molecule has 2 aromatic carbocycles. The Hall–Kier alpha value is -3.92. The Morgan fingerprint density at radius 3 is 2.41 bits per heavy atom. The molecule has 0 atom stereocenters. The van der Waals surface area contributed by atoms with Crippen molar-refractivity contribution in [2.45, 2.75) is 26.2 Å². The number of nitrogens with zero attached hydrogens (tertiary/aromatic N) is 3. The number of fused-ring (bicyclic) bond motifs is 1. The van der Waals surface area contributed by atoms with Crippen LogP contribution in [-0.4, -0.2) is 52.3 Å². The van der Waals surface area contributed by atoms with Crippen molar-refractivity contribution in [1.82, 2.24) is 15.1 Å². The second-order valence-electron chi connectivity index (χ2n) is 7.73. The first kappa shape index (κ1) is 23.2. The first-order valence-corrected chi connectivity index (χ1v) is 11.4. The zero-order valence-electron chi connectivity index (χ0n) is 18.7.